The first-order valence-electron chi connectivity index (χ1n) is 8.55. The number of nitrogens with one attached hydrogen (secondary N) is 1. The minimum atomic E-state index is -3.74. The van der Waals surface area contributed by atoms with Crippen LogP contribution in [-0.4, -0.2) is 27.2 Å². The zero-order valence-corrected chi connectivity index (χ0v) is 15.8. The van der Waals surface area contributed by atoms with E-state index < -0.39 is 10.0 Å². The van der Waals surface area contributed by atoms with Gasteiger partial charge in [0.05, 0.1) is 11.1 Å². The van der Waals surface area contributed by atoms with E-state index >= 15 is 0 Å². The van der Waals surface area contributed by atoms with E-state index in [2.05, 4.69) is 4.72 Å². The smallest absolute Gasteiger partial charge is 0.242 e. The Bertz CT molecular complexity index is 963. The van der Waals surface area contributed by atoms with Gasteiger partial charge in [0.1, 0.15) is 10.7 Å². The molecule has 0 bridgehead atoms. The molecular weight excluding hydrogens is 377 g/mol. The fourth-order valence-corrected chi connectivity index (χ4v) is 5.59. The van der Waals surface area contributed by atoms with Crippen molar-refractivity contribution >= 4 is 21.6 Å². The van der Waals surface area contributed by atoms with Crippen LogP contribution >= 0.6 is 11.6 Å². The Balaban J connectivity index is 1.60. The van der Waals surface area contributed by atoms with Crippen LogP contribution in [0.2, 0.25) is 5.02 Å². The van der Waals surface area contributed by atoms with Gasteiger partial charge in [0.15, 0.2) is 0 Å². The van der Waals surface area contributed by atoms with Crippen LogP contribution in [0, 0.1) is 18.7 Å². The number of hydrogen-bond acceptors (Lipinski definition) is 3. The molecule has 0 aromatic heterocycles. The summed E-state index contributed by atoms with van der Waals surface area (Å²) in [6.45, 7) is 2.55. The van der Waals surface area contributed by atoms with E-state index in [1.54, 1.807) is 18.2 Å². The van der Waals surface area contributed by atoms with Crippen molar-refractivity contribution in [2.45, 2.75) is 36.8 Å². The van der Waals surface area contributed by atoms with Crippen LogP contribution in [0.4, 0.5) is 4.39 Å². The highest BCUT2D eigenvalue weighted by atomic mass is 35.5. The molecule has 2 aromatic carbocycles. The lowest BCUT2D eigenvalue weighted by molar-refractivity contribution is 0.0143. The second kappa shape index (κ2) is 6.60. The summed E-state index contributed by atoms with van der Waals surface area (Å²) in [7, 11) is -3.74. The van der Waals surface area contributed by atoms with Gasteiger partial charge in [-0.3, -0.25) is 0 Å². The molecule has 0 radical (unpaired) electrons. The molecule has 0 unspecified atom stereocenters. The van der Waals surface area contributed by atoms with E-state index in [1.807, 2.05) is 6.92 Å². The van der Waals surface area contributed by atoms with E-state index in [0.29, 0.717) is 24.2 Å². The van der Waals surface area contributed by atoms with Gasteiger partial charge in [0.25, 0.3) is 0 Å². The molecule has 4 rings (SSSR count). The fraction of sp³-hybridized carbons (Fsp3) is 0.368. The molecule has 1 aliphatic heterocycles. The monoisotopic (exact) mass is 395 g/mol. The Hall–Kier alpha value is -1.47. The van der Waals surface area contributed by atoms with Crippen LogP contribution in [0.15, 0.2) is 41.3 Å². The van der Waals surface area contributed by atoms with Crippen LogP contribution in [0.25, 0.3) is 11.1 Å². The molecule has 26 heavy (non-hydrogen) atoms. The molecule has 2 aliphatic rings. The van der Waals surface area contributed by atoms with Gasteiger partial charge in [-0.1, -0.05) is 29.3 Å². The maximum Gasteiger partial charge on any atom is 0.242 e. The predicted molar refractivity (Wildman–Crippen MR) is 98.2 cm³/mol. The van der Waals surface area contributed by atoms with Gasteiger partial charge in [-0.25, -0.2) is 17.5 Å². The average molecular weight is 396 g/mol. The van der Waals surface area contributed by atoms with Gasteiger partial charge in [0.2, 0.25) is 10.0 Å². The lowest BCUT2D eigenvalue weighted by Gasteiger charge is -2.39. The summed E-state index contributed by atoms with van der Waals surface area (Å²) in [4.78, 5) is 0.0124. The van der Waals surface area contributed by atoms with Crippen molar-refractivity contribution in [1.82, 2.24) is 4.72 Å². The van der Waals surface area contributed by atoms with Crippen molar-refractivity contribution in [3.05, 3.63) is 52.8 Å². The van der Waals surface area contributed by atoms with Crippen molar-refractivity contribution in [3.63, 3.8) is 0 Å². The number of ether oxygens (including phenoxy) is 1. The van der Waals surface area contributed by atoms with Crippen LogP contribution in [0.3, 0.4) is 0 Å². The van der Waals surface area contributed by atoms with Crippen molar-refractivity contribution in [2.24, 2.45) is 5.92 Å². The van der Waals surface area contributed by atoms with Crippen LogP contribution in [0.5, 0.6) is 0 Å². The van der Waals surface area contributed by atoms with E-state index in [-0.39, 0.29) is 33.8 Å². The van der Waals surface area contributed by atoms with Crippen molar-refractivity contribution in [2.75, 3.05) is 6.61 Å². The largest absolute Gasteiger partial charge is 0.378 e. The van der Waals surface area contributed by atoms with Crippen molar-refractivity contribution < 1.29 is 17.5 Å². The highest BCUT2D eigenvalue weighted by molar-refractivity contribution is 7.89. The topological polar surface area (TPSA) is 55.4 Å². The van der Waals surface area contributed by atoms with Gasteiger partial charge in [-0.15, -0.1) is 0 Å². The van der Waals surface area contributed by atoms with E-state index in [1.165, 1.54) is 18.2 Å². The molecular formula is C19H19ClFNO3S. The molecule has 7 heteroatoms. The number of aryl methyl sites for hydroxylation is 1. The highest BCUT2D eigenvalue weighted by Crippen LogP contribution is 2.39. The predicted octanol–water partition coefficient (Wildman–Crippen LogP) is 3.91. The van der Waals surface area contributed by atoms with Gasteiger partial charge >= 0.3 is 0 Å². The van der Waals surface area contributed by atoms with Gasteiger partial charge < -0.3 is 4.74 Å². The second-order valence-corrected chi connectivity index (χ2v) is 9.04. The molecule has 4 nitrogen and oxygen atoms in total. The Kier molecular flexibility index (Phi) is 4.55. The van der Waals surface area contributed by atoms with E-state index in [0.717, 1.165) is 12.0 Å². The summed E-state index contributed by atoms with van der Waals surface area (Å²) >= 11 is 6.25. The number of fused-ring (bicyclic) bond motifs is 1. The van der Waals surface area contributed by atoms with Crippen LogP contribution < -0.4 is 4.72 Å². The fourth-order valence-electron chi connectivity index (χ4n) is 3.74. The molecule has 2 fully saturated rings. The number of halogens is 2. The molecule has 1 N–H and O–H groups in total. The first-order chi connectivity index (χ1) is 12.3. The number of rotatable bonds is 4. The molecule has 0 amide bonds. The van der Waals surface area contributed by atoms with Gasteiger partial charge in [0, 0.05) is 24.1 Å². The van der Waals surface area contributed by atoms with E-state index in [4.69, 9.17) is 16.3 Å². The minimum Gasteiger partial charge on any atom is -0.378 e. The zero-order valence-electron chi connectivity index (χ0n) is 14.2. The summed E-state index contributed by atoms with van der Waals surface area (Å²) in [5.74, 6) is -0.133. The third-order valence-corrected chi connectivity index (χ3v) is 7.20. The summed E-state index contributed by atoms with van der Waals surface area (Å²) in [6.07, 6.45) is 1.73. The molecule has 1 heterocycles. The summed E-state index contributed by atoms with van der Waals surface area (Å²) in [5.41, 5.74) is 1.85. The first-order valence-corrected chi connectivity index (χ1v) is 10.4. The lowest BCUT2D eigenvalue weighted by Crippen LogP contribution is -2.53. The Labute approximate surface area is 157 Å². The molecule has 3 atom stereocenters. The van der Waals surface area contributed by atoms with Gasteiger partial charge in [-0.2, -0.15) is 0 Å². The van der Waals surface area contributed by atoms with Crippen LogP contribution in [-0.2, 0) is 14.8 Å². The zero-order chi connectivity index (χ0) is 18.5. The molecule has 2 aromatic rings. The number of hydrogen-bond donors (Lipinski definition) is 1. The average Bonchev–Trinajstić information content (AvgIpc) is 2.96. The normalized spacial score (nSPS) is 25.0. The third kappa shape index (κ3) is 3.16. The summed E-state index contributed by atoms with van der Waals surface area (Å²) < 4.78 is 47.7. The first kappa shape index (κ1) is 17.9. The van der Waals surface area contributed by atoms with Gasteiger partial charge in [-0.05, 0) is 49.6 Å². The maximum absolute atomic E-state index is 14.1. The summed E-state index contributed by atoms with van der Waals surface area (Å²) in [6, 6.07) is 9.18. The van der Waals surface area contributed by atoms with E-state index in [9.17, 15) is 12.8 Å². The quantitative estimate of drug-likeness (QED) is 0.853. The third-order valence-electron chi connectivity index (χ3n) is 5.22. The van der Waals surface area contributed by atoms with Crippen LogP contribution in [0.1, 0.15) is 18.4 Å². The lowest BCUT2D eigenvalue weighted by atomic mass is 9.77. The number of sulfonamides is 1. The molecule has 1 saturated carbocycles. The summed E-state index contributed by atoms with van der Waals surface area (Å²) in [5, 5.41) is 0.0782. The highest BCUT2D eigenvalue weighted by Gasteiger charge is 2.46. The molecule has 1 aliphatic carbocycles. The molecule has 0 spiro atoms. The molecule has 138 valence electrons. The Morgan fingerprint density at radius 2 is 2.04 bits per heavy atom. The van der Waals surface area contributed by atoms with Crippen molar-refractivity contribution in [1.29, 1.82) is 0 Å². The Morgan fingerprint density at radius 3 is 2.77 bits per heavy atom. The van der Waals surface area contributed by atoms with Crippen molar-refractivity contribution in [3.8, 4) is 11.1 Å². The molecule has 1 saturated heterocycles. The minimum absolute atomic E-state index is 0.0124. The Morgan fingerprint density at radius 1 is 1.23 bits per heavy atom. The standard InChI is InChI=1S/C19H19ClFNO3S/c1-11-2-4-16(21)14(8-11)12-3-5-19(15(20)9-12)26(23,24)22-17-10-18-13(17)6-7-25-18/h2-5,8-9,13,17-18,22H,6-7,10H2,1H3/t13-,17+,18+/m0/s1. The second-order valence-electron chi connectivity index (χ2n) is 6.95. The number of benzene rings is 2. The maximum atomic E-state index is 14.1. The SMILES string of the molecule is Cc1ccc(F)c(-c2ccc(S(=O)(=O)N[C@@H]3C[C@H]4OCC[C@@H]34)c(Cl)c2)c1.